The molecule has 7 heteroatoms. The Morgan fingerprint density at radius 1 is 1.10 bits per heavy atom. The van der Waals surface area contributed by atoms with Crippen LogP contribution in [0.3, 0.4) is 0 Å². The van der Waals surface area contributed by atoms with Crippen molar-refractivity contribution >= 4 is 33.2 Å². The fourth-order valence-electron chi connectivity index (χ4n) is 1.65. The Kier molecular flexibility index (Phi) is 4.22. The first-order valence-electron chi connectivity index (χ1n) is 5.81. The SMILES string of the molecule is Nc1cc(Br)ccc1NC(=O)c1ccc(C(F)(F)F)cc1. The molecule has 3 nitrogen and oxygen atoms in total. The van der Waals surface area contributed by atoms with Gasteiger partial charge in [-0.2, -0.15) is 13.2 Å². The van der Waals surface area contributed by atoms with E-state index < -0.39 is 17.6 Å². The highest BCUT2D eigenvalue weighted by Gasteiger charge is 2.30. The average Bonchev–Trinajstić information content (AvgIpc) is 2.41. The normalized spacial score (nSPS) is 11.2. The maximum absolute atomic E-state index is 12.4. The van der Waals surface area contributed by atoms with Crippen molar-refractivity contribution < 1.29 is 18.0 Å². The number of rotatable bonds is 2. The number of hydrogen-bond donors (Lipinski definition) is 2. The van der Waals surface area contributed by atoms with Crippen LogP contribution in [-0.2, 0) is 6.18 Å². The van der Waals surface area contributed by atoms with E-state index in [9.17, 15) is 18.0 Å². The van der Waals surface area contributed by atoms with Gasteiger partial charge in [0.15, 0.2) is 0 Å². The molecule has 110 valence electrons. The first-order chi connectivity index (χ1) is 9.77. The van der Waals surface area contributed by atoms with Crippen LogP contribution in [0.15, 0.2) is 46.9 Å². The van der Waals surface area contributed by atoms with E-state index in [4.69, 9.17) is 5.73 Å². The maximum Gasteiger partial charge on any atom is 0.416 e. The zero-order valence-corrected chi connectivity index (χ0v) is 12.1. The number of nitrogens with two attached hydrogens (primary N) is 1. The van der Waals surface area contributed by atoms with Crippen molar-refractivity contribution in [3.05, 3.63) is 58.1 Å². The smallest absolute Gasteiger partial charge is 0.397 e. The molecule has 0 atom stereocenters. The van der Waals surface area contributed by atoms with Crippen LogP contribution in [0, 0.1) is 0 Å². The number of carbonyl (C=O) groups excluding carboxylic acids is 1. The molecule has 0 unspecified atom stereocenters. The lowest BCUT2D eigenvalue weighted by Gasteiger charge is -2.10. The lowest BCUT2D eigenvalue weighted by Crippen LogP contribution is -2.14. The molecule has 0 aliphatic carbocycles. The molecular weight excluding hydrogens is 349 g/mol. The molecule has 0 saturated heterocycles. The van der Waals surface area contributed by atoms with E-state index in [0.717, 1.165) is 28.7 Å². The quantitative estimate of drug-likeness (QED) is 0.786. The van der Waals surface area contributed by atoms with Gasteiger partial charge >= 0.3 is 6.18 Å². The van der Waals surface area contributed by atoms with Crippen LogP contribution in [-0.4, -0.2) is 5.91 Å². The van der Waals surface area contributed by atoms with Gasteiger partial charge in [-0.3, -0.25) is 4.79 Å². The molecule has 0 aromatic heterocycles. The number of halogens is 4. The monoisotopic (exact) mass is 358 g/mol. The minimum absolute atomic E-state index is 0.116. The number of nitrogen functional groups attached to an aromatic ring is 1. The standard InChI is InChI=1S/C14H10BrF3N2O/c15-10-5-6-12(11(19)7-10)20-13(21)8-1-3-9(4-2-8)14(16,17)18/h1-7H,19H2,(H,20,21). The van der Waals surface area contributed by atoms with Gasteiger partial charge in [-0.15, -0.1) is 0 Å². The van der Waals surface area contributed by atoms with Crippen molar-refractivity contribution in [3.63, 3.8) is 0 Å². The van der Waals surface area contributed by atoms with Gasteiger partial charge in [-0.05, 0) is 42.5 Å². The Hall–Kier alpha value is -2.02. The second-order valence-corrected chi connectivity index (χ2v) is 5.18. The highest BCUT2D eigenvalue weighted by molar-refractivity contribution is 9.10. The highest BCUT2D eigenvalue weighted by atomic mass is 79.9. The number of anilines is 2. The van der Waals surface area contributed by atoms with Crippen LogP contribution in [0.1, 0.15) is 15.9 Å². The molecule has 0 spiro atoms. The predicted molar refractivity (Wildman–Crippen MR) is 78.0 cm³/mol. The largest absolute Gasteiger partial charge is 0.416 e. The van der Waals surface area contributed by atoms with Gasteiger partial charge in [0.1, 0.15) is 0 Å². The summed E-state index contributed by atoms with van der Waals surface area (Å²) in [4.78, 5) is 12.0. The molecule has 0 radical (unpaired) electrons. The molecule has 2 aromatic rings. The molecule has 0 saturated carbocycles. The Morgan fingerprint density at radius 2 is 1.71 bits per heavy atom. The van der Waals surface area contributed by atoms with Gasteiger partial charge in [-0.1, -0.05) is 15.9 Å². The molecular formula is C14H10BrF3N2O. The molecule has 21 heavy (non-hydrogen) atoms. The molecule has 0 bridgehead atoms. The molecule has 2 rings (SSSR count). The van der Waals surface area contributed by atoms with Gasteiger partial charge in [0.25, 0.3) is 5.91 Å². The molecule has 0 heterocycles. The number of hydrogen-bond acceptors (Lipinski definition) is 2. The van der Waals surface area contributed by atoms with E-state index in [2.05, 4.69) is 21.2 Å². The third-order valence-corrected chi connectivity index (χ3v) is 3.23. The average molecular weight is 359 g/mol. The Bertz CT molecular complexity index is 669. The van der Waals surface area contributed by atoms with Crippen LogP contribution in [0.4, 0.5) is 24.5 Å². The van der Waals surface area contributed by atoms with Crippen LogP contribution in [0.5, 0.6) is 0 Å². The summed E-state index contributed by atoms with van der Waals surface area (Å²) in [5.41, 5.74) is 5.79. The highest BCUT2D eigenvalue weighted by Crippen LogP contribution is 2.29. The summed E-state index contributed by atoms with van der Waals surface area (Å²) in [6, 6.07) is 8.86. The van der Waals surface area contributed by atoms with Gasteiger partial charge in [-0.25, -0.2) is 0 Å². The number of carbonyl (C=O) groups is 1. The maximum atomic E-state index is 12.4. The Morgan fingerprint density at radius 3 is 2.24 bits per heavy atom. The molecule has 0 fully saturated rings. The second kappa shape index (κ2) is 5.77. The summed E-state index contributed by atoms with van der Waals surface area (Å²) in [5, 5.41) is 2.55. The topological polar surface area (TPSA) is 55.1 Å². The van der Waals surface area contributed by atoms with E-state index in [-0.39, 0.29) is 5.56 Å². The third kappa shape index (κ3) is 3.75. The summed E-state index contributed by atoms with van der Waals surface area (Å²) in [5.74, 6) is -0.530. The summed E-state index contributed by atoms with van der Waals surface area (Å²) >= 11 is 3.23. The van der Waals surface area contributed by atoms with E-state index in [1.807, 2.05) is 0 Å². The first-order valence-corrected chi connectivity index (χ1v) is 6.60. The summed E-state index contributed by atoms with van der Waals surface area (Å²) in [6.45, 7) is 0. The molecule has 0 aliphatic rings. The zero-order chi connectivity index (χ0) is 15.6. The second-order valence-electron chi connectivity index (χ2n) is 4.26. The third-order valence-electron chi connectivity index (χ3n) is 2.74. The van der Waals surface area contributed by atoms with E-state index in [1.54, 1.807) is 18.2 Å². The van der Waals surface area contributed by atoms with E-state index in [0.29, 0.717) is 11.4 Å². The fraction of sp³-hybridized carbons (Fsp3) is 0.0714. The number of alkyl halides is 3. The van der Waals surface area contributed by atoms with E-state index >= 15 is 0 Å². The molecule has 3 N–H and O–H groups in total. The lowest BCUT2D eigenvalue weighted by atomic mass is 10.1. The van der Waals surface area contributed by atoms with Crippen molar-refractivity contribution in [2.24, 2.45) is 0 Å². The number of nitrogens with one attached hydrogen (secondary N) is 1. The number of benzene rings is 2. The minimum Gasteiger partial charge on any atom is -0.397 e. The van der Waals surface area contributed by atoms with Crippen LogP contribution in [0.2, 0.25) is 0 Å². The predicted octanol–water partition coefficient (Wildman–Crippen LogP) is 4.30. The van der Waals surface area contributed by atoms with Crippen molar-refractivity contribution in [2.75, 3.05) is 11.1 Å². The van der Waals surface area contributed by atoms with Crippen LogP contribution in [0.25, 0.3) is 0 Å². The summed E-state index contributed by atoms with van der Waals surface area (Å²) in [7, 11) is 0. The molecule has 2 aromatic carbocycles. The van der Waals surface area contributed by atoms with E-state index in [1.165, 1.54) is 0 Å². The van der Waals surface area contributed by atoms with Crippen LogP contribution >= 0.6 is 15.9 Å². The Labute approximate surface area is 127 Å². The van der Waals surface area contributed by atoms with Crippen molar-refractivity contribution in [2.45, 2.75) is 6.18 Å². The number of amides is 1. The van der Waals surface area contributed by atoms with Crippen molar-refractivity contribution in [1.82, 2.24) is 0 Å². The minimum atomic E-state index is -4.43. The zero-order valence-electron chi connectivity index (χ0n) is 10.5. The van der Waals surface area contributed by atoms with Gasteiger partial charge in [0.05, 0.1) is 16.9 Å². The van der Waals surface area contributed by atoms with Crippen molar-refractivity contribution in [3.8, 4) is 0 Å². The first kappa shape index (κ1) is 15.4. The summed E-state index contributed by atoms with van der Waals surface area (Å²) in [6.07, 6.45) is -4.43. The molecule has 0 aliphatic heterocycles. The van der Waals surface area contributed by atoms with Crippen molar-refractivity contribution in [1.29, 1.82) is 0 Å². The lowest BCUT2D eigenvalue weighted by molar-refractivity contribution is -0.137. The van der Waals surface area contributed by atoms with Gasteiger partial charge in [0.2, 0.25) is 0 Å². The fourth-order valence-corrected chi connectivity index (χ4v) is 2.03. The Balaban J connectivity index is 2.17. The van der Waals surface area contributed by atoms with Gasteiger partial charge in [0, 0.05) is 10.0 Å². The molecule has 1 amide bonds. The van der Waals surface area contributed by atoms with Gasteiger partial charge < -0.3 is 11.1 Å². The summed E-state index contributed by atoms with van der Waals surface area (Å²) < 4.78 is 38.1. The van der Waals surface area contributed by atoms with Crippen LogP contribution < -0.4 is 11.1 Å².